The van der Waals surface area contributed by atoms with E-state index in [1.165, 1.54) is 106 Å². The standard InChI is InChI=1S/C41H55N3O5S/c1-2-3-4-5-6-7-8-9-10-11-12-13-14-15-22-27-38(45)42-39-41(32-34-23-18-16-19-24-34,33-35-25-20-17-21-26-35)40(46)44(43-39)36-28-30-37(31-29-36)50(47,48)49/h16-21,23-26,28-31H,2-15,22,27,32-33H2,1H3,(H,42,43,45)(H,47,48,49). The van der Waals surface area contributed by atoms with E-state index in [1.54, 1.807) is 0 Å². The zero-order chi connectivity index (χ0) is 35.7. The lowest BCUT2D eigenvalue weighted by Gasteiger charge is -2.29. The highest BCUT2D eigenvalue weighted by molar-refractivity contribution is 7.85. The molecule has 0 saturated heterocycles. The first-order valence-electron chi connectivity index (χ1n) is 18.6. The molecule has 1 heterocycles. The minimum absolute atomic E-state index is 0.180. The molecule has 0 aromatic heterocycles. The minimum Gasteiger partial charge on any atom is -0.312 e. The van der Waals surface area contributed by atoms with E-state index in [-0.39, 0.29) is 22.5 Å². The van der Waals surface area contributed by atoms with Crippen LogP contribution in [0.15, 0.2) is 94.9 Å². The van der Waals surface area contributed by atoms with Crippen molar-refractivity contribution in [2.24, 2.45) is 10.5 Å². The van der Waals surface area contributed by atoms with Crippen LogP contribution in [-0.2, 0) is 32.5 Å². The van der Waals surface area contributed by atoms with Crippen LogP contribution in [0.5, 0.6) is 0 Å². The third-order valence-corrected chi connectivity index (χ3v) is 10.5. The first kappa shape index (κ1) is 39.0. The van der Waals surface area contributed by atoms with Crippen molar-refractivity contribution < 1.29 is 22.6 Å². The van der Waals surface area contributed by atoms with Gasteiger partial charge in [-0.25, -0.2) is 0 Å². The van der Waals surface area contributed by atoms with Crippen LogP contribution in [0.25, 0.3) is 0 Å². The van der Waals surface area contributed by atoms with Gasteiger partial charge >= 0.3 is 0 Å². The van der Waals surface area contributed by atoms with E-state index < -0.39 is 15.5 Å². The van der Waals surface area contributed by atoms with E-state index in [2.05, 4.69) is 12.2 Å². The number of benzene rings is 3. The molecule has 3 aromatic carbocycles. The lowest BCUT2D eigenvalue weighted by Crippen LogP contribution is -2.49. The van der Waals surface area contributed by atoms with Crippen molar-refractivity contribution in [1.82, 2.24) is 5.32 Å². The summed E-state index contributed by atoms with van der Waals surface area (Å²) in [6, 6.07) is 24.7. The Morgan fingerprint density at radius 2 is 1.12 bits per heavy atom. The molecule has 2 amide bonds. The highest BCUT2D eigenvalue weighted by atomic mass is 32.2. The smallest absolute Gasteiger partial charge is 0.294 e. The fraction of sp³-hybridized carbons (Fsp3) is 0.488. The van der Waals surface area contributed by atoms with Crippen LogP contribution in [0.2, 0.25) is 0 Å². The number of carbonyl (C=O) groups is 2. The lowest BCUT2D eigenvalue weighted by atomic mass is 9.74. The molecule has 2 N–H and O–H groups in total. The van der Waals surface area contributed by atoms with Crippen LogP contribution in [0.1, 0.15) is 121 Å². The minimum atomic E-state index is -4.41. The SMILES string of the molecule is CCCCCCCCCCCCCCCCCC(=O)NC1=NN(c2ccc(S(=O)(=O)O)cc2)C(=O)C1(Cc1ccccc1)Cc1ccccc1. The molecule has 3 aromatic rings. The third-order valence-electron chi connectivity index (χ3n) is 9.60. The van der Waals surface area contributed by atoms with Gasteiger partial charge in [-0.3, -0.25) is 14.1 Å². The monoisotopic (exact) mass is 701 g/mol. The van der Waals surface area contributed by atoms with E-state index in [1.807, 2.05) is 60.7 Å². The zero-order valence-corrected chi connectivity index (χ0v) is 30.5. The van der Waals surface area contributed by atoms with Gasteiger partial charge in [0.25, 0.3) is 16.0 Å². The number of amides is 2. The van der Waals surface area contributed by atoms with Gasteiger partial charge in [0.1, 0.15) is 11.3 Å². The molecule has 50 heavy (non-hydrogen) atoms. The van der Waals surface area contributed by atoms with Crippen molar-refractivity contribution >= 4 is 33.5 Å². The number of anilines is 1. The Balaban J connectivity index is 1.37. The molecule has 0 radical (unpaired) electrons. The largest absolute Gasteiger partial charge is 0.312 e. The summed E-state index contributed by atoms with van der Waals surface area (Å²) in [5.41, 5.74) is 0.962. The second-order valence-corrected chi connectivity index (χ2v) is 15.1. The average molecular weight is 702 g/mol. The molecular formula is C41H55N3O5S. The van der Waals surface area contributed by atoms with Crippen LogP contribution >= 0.6 is 0 Å². The second kappa shape index (κ2) is 20.1. The summed E-state index contributed by atoms with van der Waals surface area (Å²) < 4.78 is 32.8. The van der Waals surface area contributed by atoms with Gasteiger partial charge in [-0.05, 0) is 54.7 Å². The second-order valence-electron chi connectivity index (χ2n) is 13.7. The van der Waals surface area contributed by atoms with Crippen LogP contribution in [-0.4, -0.2) is 30.6 Å². The third kappa shape index (κ3) is 11.9. The topological polar surface area (TPSA) is 116 Å². The Bertz CT molecular complexity index is 1570. The molecule has 4 rings (SSSR count). The Labute approximate surface area is 299 Å². The molecule has 0 fully saturated rings. The molecule has 0 atom stereocenters. The summed E-state index contributed by atoms with van der Waals surface area (Å²) in [6.07, 6.45) is 19.7. The number of nitrogens with zero attached hydrogens (tertiary/aromatic N) is 2. The van der Waals surface area contributed by atoms with E-state index in [0.717, 1.165) is 30.4 Å². The Hall–Kier alpha value is -3.82. The van der Waals surface area contributed by atoms with Crippen LogP contribution in [0, 0.1) is 5.41 Å². The van der Waals surface area contributed by atoms with E-state index >= 15 is 0 Å². The number of rotatable bonds is 22. The van der Waals surface area contributed by atoms with Gasteiger partial charge < -0.3 is 5.32 Å². The highest BCUT2D eigenvalue weighted by Gasteiger charge is 2.52. The fourth-order valence-corrected chi connectivity index (χ4v) is 7.23. The van der Waals surface area contributed by atoms with Gasteiger partial charge in [0, 0.05) is 6.42 Å². The number of unbranched alkanes of at least 4 members (excludes halogenated alkanes) is 14. The molecule has 0 aliphatic carbocycles. The maximum atomic E-state index is 14.5. The summed E-state index contributed by atoms with van der Waals surface area (Å²) >= 11 is 0. The average Bonchev–Trinajstić information content (AvgIpc) is 3.36. The van der Waals surface area contributed by atoms with Gasteiger partial charge in [-0.1, -0.05) is 157 Å². The van der Waals surface area contributed by atoms with Crippen molar-refractivity contribution in [3.63, 3.8) is 0 Å². The molecule has 9 heteroatoms. The van der Waals surface area contributed by atoms with Gasteiger partial charge in [-0.2, -0.15) is 18.5 Å². The fourth-order valence-electron chi connectivity index (χ4n) is 6.75. The predicted octanol–water partition coefficient (Wildman–Crippen LogP) is 9.44. The molecule has 0 unspecified atom stereocenters. The molecule has 1 aliphatic heterocycles. The van der Waals surface area contributed by atoms with Gasteiger partial charge in [0.05, 0.1) is 10.6 Å². The number of carbonyl (C=O) groups excluding carboxylic acids is 2. The molecule has 0 spiro atoms. The Kier molecular flexibility index (Phi) is 15.7. The molecule has 8 nitrogen and oxygen atoms in total. The van der Waals surface area contributed by atoms with Crippen molar-refractivity contribution in [2.75, 3.05) is 5.01 Å². The van der Waals surface area contributed by atoms with Crippen molar-refractivity contribution in [2.45, 2.75) is 127 Å². The Morgan fingerprint density at radius 3 is 1.56 bits per heavy atom. The van der Waals surface area contributed by atoms with Gasteiger partial charge in [0.15, 0.2) is 0 Å². The maximum Gasteiger partial charge on any atom is 0.294 e. The van der Waals surface area contributed by atoms with Crippen molar-refractivity contribution in [3.05, 3.63) is 96.1 Å². The molecule has 0 saturated carbocycles. The summed E-state index contributed by atoms with van der Waals surface area (Å²) in [7, 11) is -4.41. The lowest BCUT2D eigenvalue weighted by molar-refractivity contribution is -0.124. The number of amidine groups is 1. The van der Waals surface area contributed by atoms with Crippen molar-refractivity contribution in [1.29, 1.82) is 0 Å². The summed E-state index contributed by atoms with van der Waals surface area (Å²) in [4.78, 5) is 27.6. The number of hydrogen-bond acceptors (Lipinski definition) is 5. The summed E-state index contributed by atoms with van der Waals surface area (Å²) in [5, 5.41) is 8.97. The van der Waals surface area contributed by atoms with Gasteiger partial charge in [-0.15, -0.1) is 0 Å². The molecule has 270 valence electrons. The van der Waals surface area contributed by atoms with E-state index in [9.17, 15) is 22.6 Å². The predicted molar refractivity (Wildman–Crippen MR) is 202 cm³/mol. The molecular weight excluding hydrogens is 647 g/mol. The maximum absolute atomic E-state index is 14.5. The van der Waals surface area contributed by atoms with Crippen LogP contribution < -0.4 is 10.3 Å². The van der Waals surface area contributed by atoms with Gasteiger partial charge in [0.2, 0.25) is 5.91 Å². The highest BCUT2D eigenvalue weighted by Crippen LogP contribution is 2.39. The van der Waals surface area contributed by atoms with E-state index in [0.29, 0.717) is 24.9 Å². The van der Waals surface area contributed by atoms with E-state index in [4.69, 9.17) is 5.10 Å². The normalized spacial score (nSPS) is 14.2. The summed E-state index contributed by atoms with van der Waals surface area (Å²) in [6.45, 7) is 2.26. The van der Waals surface area contributed by atoms with Crippen molar-refractivity contribution in [3.8, 4) is 0 Å². The molecule has 1 aliphatic rings. The first-order valence-corrected chi connectivity index (χ1v) is 20.1. The number of hydrazone groups is 1. The number of nitrogens with one attached hydrogen (secondary N) is 1. The quantitative estimate of drug-likeness (QED) is 0.0800. The first-order chi connectivity index (χ1) is 24.2. The molecule has 0 bridgehead atoms. The van der Waals surface area contributed by atoms with Crippen LogP contribution in [0.3, 0.4) is 0 Å². The zero-order valence-electron chi connectivity index (χ0n) is 29.7. The van der Waals surface area contributed by atoms with Crippen LogP contribution in [0.4, 0.5) is 5.69 Å². The Morgan fingerprint density at radius 1 is 0.680 bits per heavy atom. The summed E-state index contributed by atoms with van der Waals surface area (Å²) in [5.74, 6) is -0.229. The number of hydrogen-bond donors (Lipinski definition) is 2.